The van der Waals surface area contributed by atoms with Gasteiger partial charge in [-0.3, -0.25) is 19.6 Å². The van der Waals surface area contributed by atoms with Gasteiger partial charge in [0.05, 0.1) is 18.3 Å². The Balaban J connectivity index is 1.35. The first-order valence-corrected chi connectivity index (χ1v) is 12.0. The third-order valence-electron chi connectivity index (χ3n) is 7.30. The van der Waals surface area contributed by atoms with Gasteiger partial charge < -0.3 is 10.1 Å². The van der Waals surface area contributed by atoms with Crippen LogP contribution in [0.4, 0.5) is 4.79 Å². The molecule has 1 aromatic carbocycles. The molecule has 2 atom stereocenters. The summed E-state index contributed by atoms with van der Waals surface area (Å²) in [6, 6.07) is 13.9. The molecule has 7 nitrogen and oxygen atoms in total. The number of benzene rings is 1. The highest BCUT2D eigenvalue weighted by Crippen LogP contribution is 2.41. The van der Waals surface area contributed by atoms with Crippen LogP contribution >= 0.6 is 0 Å². The smallest absolute Gasteiger partial charge is 0.325 e. The number of pyridine rings is 1. The predicted molar refractivity (Wildman–Crippen MR) is 124 cm³/mol. The van der Waals surface area contributed by atoms with E-state index in [2.05, 4.69) is 46.4 Å². The van der Waals surface area contributed by atoms with Crippen molar-refractivity contribution in [2.45, 2.75) is 50.8 Å². The number of hydrogen-bond acceptors (Lipinski definition) is 5. The average Bonchev–Trinajstić information content (AvgIpc) is 3.43. The van der Waals surface area contributed by atoms with Gasteiger partial charge in [0.15, 0.2) is 5.54 Å². The van der Waals surface area contributed by atoms with E-state index in [1.54, 1.807) is 6.20 Å². The Kier molecular flexibility index (Phi) is 6.17. The lowest BCUT2D eigenvalue weighted by atomic mass is 9.75. The lowest BCUT2D eigenvalue weighted by Gasteiger charge is -2.40. The van der Waals surface area contributed by atoms with Crippen LogP contribution in [-0.4, -0.2) is 59.1 Å². The van der Waals surface area contributed by atoms with Crippen LogP contribution in [-0.2, 0) is 21.6 Å². The predicted octanol–water partition coefficient (Wildman–Crippen LogP) is 3.23. The SMILES string of the molecule is Cc1cccc(CN2CCC(C3(c4ccccn4)NC(=O)N(CC4CCCO4)C3=O)CC2)c1. The number of urea groups is 1. The van der Waals surface area contributed by atoms with E-state index in [4.69, 9.17) is 4.74 Å². The lowest BCUT2D eigenvalue weighted by molar-refractivity contribution is -0.135. The van der Waals surface area contributed by atoms with Crippen LogP contribution in [0.25, 0.3) is 0 Å². The van der Waals surface area contributed by atoms with E-state index >= 15 is 0 Å². The molecule has 3 aliphatic rings. The van der Waals surface area contributed by atoms with E-state index in [1.807, 2.05) is 18.2 Å². The molecular weight excluding hydrogens is 416 g/mol. The molecule has 0 saturated carbocycles. The number of rotatable bonds is 6. The zero-order valence-corrected chi connectivity index (χ0v) is 19.2. The summed E-state index contributed by atoms with van der Waals surface area (Å²) in [5, 5.41) is 3.10. The van der Waals surface area contributed by atoms with Crippen molar-refractivity contribution in [1.29, 1.82) is 0 Å². The highest BCUT2D eigenvalue weighted by atomic mass is 16.5. The quantitative estimate of drug-likeness (QED) is 0.687. The number of aromatic nitrogens is 1. The summed E-state index contributed by atoms with van der Waals surface area (Å²) in [7, 11) is 0. The number of piperidine rings is 1. The normalized spacial score (nSPS) is 26.7. The zero-order chi connectivity index (χ0) is 22.8. The molecule has 4 heterocycles. The molecule has 33 heavy (non-hydrogen) atoms. The monoisotopic (exact) mass is 448 g/mol. The minimum Gasteiger partial charge on any atom is -0.376 e. The van der Waals surface area contributed by atoms with E-state index in [-0.39, 0.29) is 24.0 Å². The van der Waals surface area contributed by atoms with Gasteiger partial charge in [-0.15, -0.1) is 0 Å². The minimum atomic E-state index is -1.10. The zero-order valence-electron chi connectivity index (χ0n) is 19.2. The van der Waals surface area contributed by atoms with Gasteiger partial charge in [0.25, 0.3) is 5.91 Å². The molecule has 0 bridgehead atoms. The first kappa shape index (κ1) is 22.0. The Labute approximate surface area is 195 Å². The van der Waals surface area contributed by atoms with Crippen LogP contribution in [0.5, 0.6) is 0 Å². The van der Waals surface area contributed by atoms with Crippen LogP contribution in [0.15, 0.2) is 48.7 Å². The second-order valence-corrected chi connectivity index (χ2v) is 9.54. The van der Waals surface area contributed by atoms with E-state index in [0.717, 1.165) is 45.3 Å². The maximum atomic E-state index is 13.9. The van der Waals surface area contributed by atoms with Crippen molar-refractivity contribution in [3.63, 3.8) is 0 Å². The Bertz CT molecular complexity index is 1000. The fourth-order valence-corrected chi connectivity index (χ4v) is 5.60. The van der Waals surface area contributed by atoms with E-state index in [1.165, 1.54) is 16.0 Å². The largest absolute Gasteiger partial charge is 0.376 e. The van der Waals surface area contributed by atoms with E-state index in [9.17, 15) is 9.59 Å². The highest BCUT2D eigenvalue weighted by molar-refractivity contribution is 6.07. The molecule has 2 aromatic rings. The van der Waals surface area contributed by atoms with Crippen LogP contribution in [0.2, 0.25) is 0 Å². The molecule has 7 heteroatoms. The second kappa shape index (κ2) is 9.23. The van der Waals surface area contributed by atoms with Gasteiger partial charge in [-0.05, 0) is 69.3 Å². The van der Waals surface area contributed by atoms with Crippen molar-refractivity contribution in [3.05, 3.63) is 65.5 Å². The van der Waals surface area contributed by atoms with Gasteiger partial charge in [-0.2, -0.15) is 0 Å². The van der Waals surface area contributed by atoms with Crippen molar-refractivity contribution in [3.8, 4) is 0 Å². The fourth-order valence-electron chi connectivity index (χ4n) is 5.60. The average molecular weight is 449 g/mol. The van der Waals surface area contributed by atoms with Crippen molar-refractivity contribution in [1.82, 2.24) is 20.1 Å². The molecule has 3 saturated heterocycles. The molecule has 174 valence electrons. The van der Waals surface area contributed by atoms with Gasteiger partial charge in [-0.25, -0.2) is 4.79 Å². The van der Waals surface area contributed by atoms with Crippen molar-refractivity contribution in [2.75, 3.05) is 26.2 Å². The third-order valence-corrected chi connectivity index (χ3v) is 7.30. The molecule has 3 aliphatic heterocycles. The van der Waals surface area contributed by atoms with Crippen LogP contribution < -0.4 is 5.32 Å². The van der Waals surface area contributed by atoms with Gasteiger partial charge in [0.1, 0.15) is 0 Å². The number of carbonyl (C=O) groups excluding carboxylic acids is 2. The van der Waals surface area contributed by atoms with Gasteiger partial charge in [-0.1, -0.05) is 35.9 Å². The van der Waals surface area contributed by atoms with Crippen molar-refractivity contribution in [2.24, 2.45) is 5.92 Å². The summed E-state index contributed by atoms with van der Waals surface area (Å²) >= 11 is 0. The fraction of sp³-hybridized carbons (Fsp3) is 0.500. The molecule has 3 amide bonds. The van der Waals surface area contributed by atoms with Gasteiger partial charge in [0, 0.05) is 19.3 Å². The van der Waals surface area contributed by atoms with Crippen LogP contribution in [0.1, 0.15) is 42.5 Å². The summed E-state index contributed by atoms with van der Waals surface area (Å²) in [6.45, 7) is 5.77. The Morgan fingerprint density at radius 1 is 1.12 bits per heavy atom. The van der Waals surface area contributed by atoms with E-state index in [0.29, 0.717) is 18.8 Å². The lowest BCUT2D eigenvalue weighted by Crippen LogP contribution is -2.54. The number of ether oxygens (including phenoxy) is 1. The number of aryl methyl sites for hydroxylation is 1. The number of nitrogens with zero attached hydrogens (tertiary/aromatic N) is 3. The summed E-state index contributed by atoms with van der Waals surface area (Å²) in [5.41, 5.74) is 2.10. The number of likely N-dealkylation sites (tertiary alicyclic amines) is 1. The molecule has 5 rings (SSSR count). The van der Waals surface area contributed by atoms with E-state index < -0.39 is 5.54 Å². The van der Waals surface area contributed by atoms with Gasteiger partial charge in [0.2, 0.25) is 0 Å². The topological polar surface area (TPSA) is 74.8 Å². The number of nitrogens with one attached hydrogen (secondary N) is 1. The first-order chi connectivity index (χ1) is 16.1. The summed E-state index contributed by atoms with van der Waals surface area (Å²) in [6.07, 6.45) is 5.12. The number of imide groups is 1. The Morgan fingerprint density at radius 2 is 1.97 bits per heavy atom. The standard InChI is InChI=1S/C26H32N4O3/c1-19-6-4-7-20(16-19)17-29-13-10-21(11-14-29)26(23-9-2-3-12-27-23)24(31)30(25(32)28-26)18-22-8-5-15-33-22/h2-4,6-7,9,12,16,21-22H,5,8,10-11,13-15,17-18H2,1H3,(H,28,32). The summed E-state index contributed by atoms with van der Waals surface area (Å²) < 4.78 is 5.71. The van der Waals surface area contributed by atoms with Crippen LogP contribution in [0.3, 0.4) is 0 Å². The Morgan fingerprint density at radius 3 is 2.67 bits per heavy atom. The number of carbonyl (C=O) groups is 2. The van der Waals surface area contributed by atoms with Crippen molar-refractivity contribution < 1.29 is 14.3 Å². The van der Waals surface area contributed by atoms with Crippen molar-refractivity contribution >= 4 is 11.9 Å². The molecule has 1 N–H and O–H groups in total. The number of hydrogen-bond donors (Lipinski definition) is 1. The minimum absolute atomic E-state index is 0.00731. The summed E-state index contributed by atoms with van der Waals surface area (Å²) in [4.78, 5) is 35.3. The van der Waals surface area contributed by atoms with Gasteiger partial charge >= 0.3 is 6.03 Å². The molecule has 0 radical (unpaired) electrons. The molecule has 2 unspecified atom stereocenters. The highest BCUT2D eigenvalue weighted by Gasteiger charge is 2.58. The second-order valence-electron chi connectivity index (χ2n) is 9.54. The molecule has 0 spiro atoms. The first-order valence-electron chi connectivity index (χ1n) is 12.0. The summed E-state index contributed by atoms with van der Waals surface area (Å²) in [5.74, 6) is -0.189. The number of amides is 3. The molecular formula is C26H32N4O3. The molecule has 0 aliphatic carbocycles. The Hall–Kier alpha value is -2.77. The van der Waals surface area contributed by atoms with Crippen LogP contribution in [0, 0.1) is 12.8 Å². The maximum Gasteiger partial charge on any atom is 0.325 e. The maximum absolute atomic E-state index is 13.9. The third kappa shape index (κ3) is 4.27. The molecule has 1 aromatic heterocycles. The molecule has 3 fully saturated rings.